The maximum Gasteiger partial charge on any atom is 0.441 e. The van der Waals surface area contributed by atoms with Gasteiger partial charge in [0, 0.05) is 5.75 Å². The highest BCUT2D eigenvalue weighted by atomic mass is 32.2. The molecule has 0 aliphatic heterocycles. The van der Waals surface area contributed by atoms with Crippen molar-refractivity contribution in [2.45, 2.75) is 58.4 Å². The number of hydrogen-bond acceptors (Lipinski definition) is 2. The zero-order valence-corrected chi connectivity index (χ0v) is 14.3. The van der Waals surface area contributed by atoms with Gasteiger partial charge in [-0.2, -0.15) is 13.2 Å². The van der Waals surface area contributed by atoms with Crippen LogP contribution < -0.4 is 5.32 Å². The SMILES string of the molecule is CCC1CCC(CNCC(C)C)C(CCSC(F)(F)F)C1. The third-order valence-electron chi connectivity index (χ3n) is 4.54. The number of hydrogen-bond donors (Lipinski definition) is 1. The van der Waals surface area contributed by atoms with Crippen LogP contribution in [0.2, 0.25) is 0 Å². The molecule has 3 unspecified atom stereocenters. The van der Waals surface area contributed by atoms with Crippen molar-refractivity contribution in [1.29, 1.82) is 0 Å². The molecule has 0 spiro atoms. The van der Waals surface area contributed by atoms with Gasteiger partial charge in [-0.25, -0.2) is 0 Å². The molecule has 0 aromatic rings. The number of thioether (sulfide) groups is 1. The van der Waals surface area contributed by atoms with Crippen LogP contribution >= 0.6 is 11.8 Å². The molecule has 0 heterocycles. The Hall–Kier alpha value is 0.100. The zero-order chi connectivity index (χ0) is 15.9. The van der Waals surface area contributed by atoms with Crippen LogP contribution in [0.15, 0.2) is 0 Å². The van der Waals surface area contributed by atoms with Crippen molar-refractivity contribution in [1.82, 2.24) is 5.32 Å². The normalized spacial score (nSPS) is 27.3. The summed E-state index contributed by atoms with van der Waals surface area (Å²) in [6.07, 6.45) is 5.39. The molecule has 1 nitrogen and oxygen atoms in total. The minimum Gasteiger partial charge on any atom is -0.316 e. The van der Waals surface area contributed by atoms with Crippen LogP contribution in [-0.4, -0.2) is 24.4 Å². The van der Waals surface area contributed by atoms with E-state index in [0.29, 0.717) is 30.1 Å². The zero-order valence-electron chi connectivity index (χ0n) is 13.5. The molecule has 1 aliphatic carbocycles. The second-order valence-corrected chi connectivity index (χ2v) is 7.90. The van der Waals surface area contributed by atoms with E-state index in [1.807, 2.05) is 0 Å². The van der Waals surface area contributed by atoms with Crippen molar-refractivity contribution in [3.05, 3.63) is 0 Å². The van der Waals surface area contributed by atoms with E-state index in [1.165, 1.54) is 12.8 Å². The molecule has 1 fully saturated rings. The summed E-state index contributed by atoms with van der Waals surface area (Å²) in [5.41, 5.74) is -4.08. The molecule has 1 rings (SSSR count). The van der Waals surface area contributed by atoms with Gasteiger partial charge in [0.2, 0.25) is 0 Å². The van der Waals surface area contributed by atoms with Gasteiger partial charge in [0.25, 0.3) is 0 Å². The summed E-state index contributed by atoms with van der Waals surface area (Å²) < 4.78 is 36.9. The Morgan fingerprint density at radius 3 is 2.48 bits per heavy atom. The van der Waals surface area contributed by atoms with Crippen molar-refractivity contribution >= 4 is 11.8 Å². The van der Waals surface area contributed by atoms with E-state index in [4.69, 9.17) is 0 Å². The molecule has 0 amide bonds. The molecular weight excluding hydrogens is 295 g/mol. The van der Waals surface area contributed by atoms with E-state index in [9.17, 15) is 13.2 Å². The molecule has 0 saturated heterocycles. The van der Waals surface area contributed by atoms with E-state index in [-0.39, 0.29) is 17.5 Å². The summed E-state index contributed by atoms with van der Waals surface area (Å²) in [4.78, 5) is 0. The summed E-state index contributed by atoms with van der Waals surface area (Å²) in [6.45, 7) is 8.52. The molecule has 1 aliphatic rings. The van der Waals surface area contributed by atoms with Crippen molar-refractivity contribution in [3.8, 4) is 0 Å². The average molecular weight is 325 g/mol. The second kappa shape index (κ2) is 9.29. The monoisotopic (exact) mass is 325 g/mol. The first-order chi connectivity index (χ1) is 9.81. The lowest BCUT2D eigenvalue weighted by Gasteiger charge is -2.36. The molecule has 0 bridgehead atoms. The molecule has 0 aromatic heterocycles. The number of alkyl halides is 3. The quantitative estimate of drug-likeness (QED) is 0.648. The highest BCUT2D eigenvalue weighted by Gasteiger charge is 2.32. The third kappa shape index (κ3) is 8.34. The molecular formula is C16H30F3NS. The van der Waals surface area contributed by atoms with Crippen LogP contribution in [-0.2, 0) is 0 Å². The Morgan fingerprint density at radius 1 is 1.19 bits per heavy atom. The van der Waals surface area contributed by atoms with Crippen LogP contribution in [0, 0.1) is 23.7 Å². The fourth-order valence-electron chi connectivity index (χ4n) is 3.30. The minimum absolute atomic E-state index is 0.146. The van der Waals surface area contributed by atoms with Crippen LogP contribution in [0.1, 0.15) is 52.9 Å². The van der Waals surface area contributed by atoms with Gasteiger partial charge in [0.1, 0.15) is 0 Å². The molecule has 3 atom stereocenters. The van der Waals surface area contributed by atoms with Crippen molar-refractivity contribution in [2.24, 2.45) is 23.7 Å². The van der Waals surface area contributed by atoms with E-state index in [0.717, 1.165) is 25.9 Å². The molecule has 0 radical (unpaired) electrons. The summed E-state index contributed by atoms with van der Waals surface area (Å²) >= 11 is 0.146. The highest BCUT2D eigenvalue weighted by Crippen LogP contribution is 2.39. The largest absolute Gasteiger partial charge is 0.441 e. The molecule has 21 heavy (non-hydrogen) atoms. The standard InChI is InChI=1S/C16H30F3NS/c1-4-13-5-6-15(11-20-10-12(2)3)14(9-13)7-8-21-16(17,18)19/h12-15,20H,4-11H2,1-3H3. The van der Waals surface area contributed by atoms with Crippen LogP contribution in [0.5, 0.6) is 0 Å². The topological polar surface area (TPSA) is 12.0 Å². The van der Waals surface area contributed by atoms with E-state index in [1.54, 1.807) is 0 Å². The van der Waals surface area contributed by atoms with Gasteiger partial charge in [-0.3, -0.25) is 0 Å². The van der Waals surface area contributed by atoms with Crippen LogP contribution in [0.4, 0.5) is 13.2 Å². The van der Waals surface area contributed by atoms with E-state index < -0.39 is 5.51 Å². The molecule has 126 valence electrons. The van der Waals surface area contributed by atoms with E-state index in [2.05, 4.69) is 26.1 Å². The minimum atomic E-state index is -4.08. The van der Waals surface area contributed by atoms with Crippen LogP contribution in [0.25, 0.3) is 0 Å². The van der Waals surface area contributed by atoms with Crippen molar-refractivity contribution < 1.29 is 13.2 Å². The van der Waals surface area contributed by atoms with Crippen molar-refractivity contribution in [2.75, 3.05) is 18.8 Å². The van der Waals surface area contributed by atoms with Gasteiger partial charge in [-0.05, 0) is 56.0 Å². The molecule has 0 aromatic carbocycles. The first-order valence-corrected chi connectivity index (χ1v) is 9.21. The fraction of sp³-hybridized carbons (Fsp3) is 1.00. The molecule has 1 N–H and O–H groups in total. The average Bonchev–Trinajstić information content (AvgIpc) is 2.38. The van der Waals surface area contributed by atoms with Gasteiger partial charge in [0.15, 0.2) is 0 Å². The lowest BCUT2D eigenvalue weighted by molar-refractivity contribution is -0.0329. The lowest BCUT2D eigenvalue weighted by atomic mass is 9.72. The van der Waals surface area contributed by atoms with Crippen LogP contribution in [0.3, 0.4) is 0 Å². The van der Waals surface area contributed by atoms with Gasteiger partial charge < -0.3 is 5.32 Å². The first-order valence-electron chi connectivity index (χ1n) is 8.23. The smallest absolute Gasteiger partial charge is 0.316 e. The Kier molecular flexibility index (Phi) is 8.47. The Bertz CT molecular complexity index is 281. The van der Waals surface area contributed by atoms with Crippen molar-refractivity contribution in [3.63, 3.8) is 0 Å². The summed E-state index contributed by atoms with van der Waals surface area (Å²) in [5, 5.41) is 3.50. The number of rotatable bonds is 8. The lowest BCUT2D eigenvalue weighted by Crippen LogP contribution is -2.35. The van der Waals surface area contributed by atoms with Gasteiger partial charge in [-0.1, -0.05) is 45.4 Å². The Balaban J connectivity index is 2.41. The van der Waals surface area contributed by atoms with Gasteiger partial charge >= 0.3 is 5.51 Å². The van der Waals surface area contributed by atoms with E-state index >= 15 is 0 Å². The Morgan fingerprint density at radius 2 is 1.90 bits per heavy atom. The predicted molar refractivity (Wildman–Crippen MR) is 85.4 cm³/mol. The molecule has 1 saturated carbocycles. The highest BCUT2D eigenvalue weighted by molar-refractivity contribution is 8.00. The fourth-order valence-corrected chi connectivity index (χ4v) is 3.95. The first kappa shape index (κ1) is 19.1. The van der Waals surface area contributed by atoms with Gasteiger partial charge in [-0.15, -0.1) is 0 Å². The summed E-state index contributed by atoms with van der Waals surface area (Å²) in [5.74, 6) is 2.56. The maximum atomic E-state index is 12.3. The second-order valence-electron chi connectivity index (χ2n) is 6.74. The Labute approximate surface area is 131 Å². The summed E-state index contributed by atoms with van der Waals surface area (Å²) in [7, 11) is 0. The third-order valence-corrected chi connectivity index (χ3v) is 5.31. The van der Waals surface area contributed by atoms with Gasteiger partial charge in [0.05, 0.1) is 0 Å². The number of nitrogens with one attached hydrogen (secondary N) is 1. The molecule has 5 heteroatoms. The summed E-state index contributed by atoms with van der Waals surface area (Å²) in [6, 6.07) is 0. The number of halogens is 3. The predicted octanol–water partition coefficient (Wildman–Crippen LogP) is 5.32. The maximum absolute atomic E-state index is 12.3.